The Morgan fingerprint density at radius 2 is 1.83 bits per heavy atom. The van der Waals surface area contributed by atoms with Crippen LogP contribution in [0.25, 0.3) is 6.08 Å². The van der Waals surface area contributed by atoms with Crippen molar-refractivity contribution < 1.29 is 18.3 Å². The SMILES string of the molecule is COC(=O)C1(Nc2cccc(Cl)c2)CCC2(CC1)C(Br)=Cc1cc(F)c(F)cc12. The number of ether oxygens (including phenoxy) is 1. The Balaban J connectivity index is 1.67. The summed E-state index contributed by atoms with van der Waals surface area (Å²) in [7, 11) is 1.37. The Hall–Kier alpha value is -1.92. The van der Waals surface area contributed by atoms with Crippen LogP contribution in [0.4, 0.5) is 14.5 Å². The summed E-state index contributed by atoms with van der Waals surface area (Å²) in [5, 5.41) is 3.89. The topological polar surface area (TPSA) is 38.3 Å². The van der Waals surface area contributed by atoms with Gasteiger partial charge in [0, 0.05) is 20.6 Å². The molecule has 1 saturated carbocycles. The van der Waals surface area contributed by atoms with Gasteiger partial charge in [-0.1, -0.05) is 33.6 Å². The first-order chi connectivity index (χ1) is 13.8. The first kappa shape index (κ1) is 20.4. The van der Waals surface area contributed by atoms with Crippen LogP contribution < -0.4 is 5.32 Å². The van der Waals surface area contributed by atoms with Gasteiger partial charge in [0.2, 0.25) is 0 Å². The highest BCUT2D eigenvalue weighted by Crippen LogP contribution is 2.55. The molecule has 0 heterocycles. The van der Waals surface area contributed by atoms with Gasteiger partial charge in [0.15, 0.2) is 11.6 Å². The van der Waals surface area contributed by atoms with Gasteiger partial charge >= 0.3 is 5.97 Å². The summed E-state index contributed by atoms with van der Waals surface area (Å²) in [6.07, 6.45) is 3.92. The van der Waals surface area contributed by atoms with E-state index >= 15 is 0 Å². The maximum absolute atomic E-state index is 14.0. The largest absolute Gasteiger partial charge is 0.467 e. The van der Waals surface area contributed by atoms with Crippen molar-refractivity contribution in [3.63, 3.8) is 0 Å². The van der Waals surface area contributed by atoms with Gasteiger partial charge in [0.25, 0.3) is 0 Å². The molecule has 29 heavy (non-hydrogen) atoms. The molecule has 0 radical (unpaired) electrons. The average Bonchev–Trinajstić information content (AvgIpc) is 2.94. The van der Waals surface area contributed by atoms with Crippen LogP contribution in [0, 0.1) is 11.6 Å². The maximum Gasteiger partial charge on any atom is 0.331 e. The van der Waals surface area contributed by atoms with Crippen molar-refractivity contribution in [1.82, 2.24) is 0 Å². The number of anilines is 1. The van der Waals surface area contributed by atoms with Crippen molar-refractivity contribution in [3.05, 3.63) is 68.7 Å². The summed E-state index contributed by atoms with van der Waals surface area (Å²) in [6, 6.07) is 9.69. The molecule has 0 aromatic heterocycles. The highest BCUT2D eigenvalue weighted by Gasteiger charge is 2.51. The normalized spacial score (nSPS) is 25.5. The number of carbonyl (C=O) groups is 1. The lowest BCUT2D eigenvalue weighted by Gasteiger charge is -2.45. The van der Waals surface area contributed by atoms with Crippen LogP contribution in [0.2, 0.25) is 5.02 Å². The molecule has 2 aromatic rings. The van der Waals surface area contributed by atoms with Gasteiger partial charge in [-0.15, -0.1) is 0 Å². The fraction of sp³-hybridized carbons (Fsp3) is 0.318. The number of rotatable bonds is 3. The van der Waals surface area contributed by atoms with E-state index in [0.29, 0.717) is 36.3 Å². The van der Waals surface area contributed by atoms with Crippen LogP contribution in [0.1, 0.15) is 36.8 Å². The first-order valence-corrected chi connectivity index (χ1v) is 10.5. The van der Waals surface area contributed by atoms with Gasteiger partial charge in [-0.05, 0) is 73.2 Å². The van der Waals surface area contributed by atoms with Crippen molar-refractivity contribution in [3.8, 4) is 0 Å². The molecule has 1 fully saturated rings. The zero-order valence-corrected chi connectivity index (χ0v) is 18.0. The van der Waals surface area contributed by atoms with E-state index in [1.54, 1.807) is 12.1 Å². The molecule has 1 spiro atoms. The summed E-state index contributed by atoms with van der Waals surface area (Å²) in [5.41, 5.74) is 0.762. The third kappa shape index (κ3) is 3.36. The third-order valence-electron chi connectivity index (χ3n) is 6.09. The predicted molar refractivity (Wildman–Crippen MR) is 113 cm³/mol. The number of hydrogen-bond acceptors (Lipinski definition) is 3. The second-order valence-electron chi connectivity index (χ2n) is 7.64. The third-order valence-corrected chi connectivity index (χ3v) is 7.31. The number of esters is 1. The standard InChI is InChI=1S/C22H19BrClF2NO2/c1-29-20(28)22(27-15-4-2-3-14(24)11-15)7-5-21(6-8-22)16-12-18(26)17(25)9-13(16)10-19(21)23/h2-4,9-12,27H,5-8H2,1H3. The minimum atomic E-state index is -0.917. The van der Waals surface area contributed by atoms with Crippen molar-refractivity contribution >= 4 is 45.3 Å². The van der Waals surface area contributed by atoms with E-state index in [1.165, 1.54) is 19.2 Å². The molecule has 0 aliphatic heterocycles. The van der Waals surface area contributed by atoms with Crippen LogP contribution in [0.3, 0.4) is 0 Å². The number of carbonyl (C=O) groups excluding carboxylic acids is 1. The van der Waals surface area contributed by atoms with Gasteiger partial charge in [-0.3, -0.25) is 0 Å². The zero-order chi connectivity index (χ0) is 20.8. The van der Waals surface area contributed by atoms with Crippen molar-refractivity contribution in [2.75, 3.05) is 12.4 Å². The van der Waals surface area contributed by atoms with Gasteiger partial charge in [-0.2, -0.15) is 0 Å². The van der Waals surface area contributed by atoms with Gasteiger partial charge < -0.3 is 10.1 Å². The lowest BCUT2D eigenvalue weighted by molar-refractivity contribution is -0.147. The molecule has 0 atom stereocenters. The van der Waals surface area contributed by atoms with E-state index in [0.717, 1.165) is 15.7 Å². The van der Waals surface area contributed by atoms with E-state index in [-0.39, 0.29) is 5.97 Å². The Morgan fingerprint density at radius 1 is 1.14 bits per heavy atom. The van der Waals surface area contributed by atoms with Crippen LogP contribution in [0.5, 0.6) is 0 Å². The maximum atomic E-state index is 14.0. The Labute approximate surface area is 181 Å². The first-order valence-electron chi connectivity index (χ1n) is 9.29. The van der Waals surface area contributed by atoms with Crippen LogP contribution in [-0.4, -0.2) is 18.6 Å². The van der Waals surface area contributed by atoms with E-state index in [4.69, 9.17) is 16.3 Å². The second kappa shape index (κ2) is 7.40. The van der Waals surface area contributed by atoms with Crippen LogP contribution in [-0.2, 0) is 14.9 Å². The molecule has 2 aromatic carbocycles. The number of halogens is 4. The monoisotopic (exact) mass is 481 g/mol. The molecule has 7 heteroatoms. The van der Waals surface area contributed by atoms with E-state index in [1.807, 2.05) is 18.2 Å². The fourth-order valence-corrected chi connectivity index (χ4v) is 5.58. The summed E-state index contributed by atoms with van der Waals surface area (Å²) >= 11 is 9.70. The zero-order valence-electron chi connectivity index (χ0n) is 15.7. The summed E-state index contributed by atoms with van der Waals surface area (Å²) < 4.78 is 33.7. The predicted octanol–water partition coefficient (Wildman–Crippen LogP) is 6.20. The molecular weight excluding hydrogens is 464 g/mol. The van der Waals surface area contributed by atoms with Gasteiger partial charge in [0.1, 0.15) is 5.54 Å². The highest BCUT2D eigenvalue weighted by atomic mass is 79.9. The van der Waals surface area contributed by atoms with Crippen LogP contribution >= 0.6 is 27.5 Å². The molecule has 1 N–H and O–H groups in total. The Morgan fingerprint density at radius 3 is 2.48 bits per heavy atom. The number of nitrogens with one attached hydrogen (secondary N) is 1. The quantitative estimate of drug-likeness (QED) is 0.529. The Kier molecular flexibility index (Phi) is 5.20. The lowest BCUT2D eigenvalue weighted by Crippen LogP contribution is -2.52. The molecular formula is C22H19BrClF2NO2. The molecule has 2 aliphatic carbocycles. The van der Waals surface area contributed by atoms with Crippen molar-refractivity contribution in [2.45, 2.75) is 36.6 Å². The fourth-order valence-electron chi connectivity index (χ4n) is 4.53. The minimum Gasteiger partial charge on any atom is -0.467 e. The van der Waals surface area contributed by atoms with Crippen molar-refractivity contribution in [2.24, 2.45) is 0 Å². The van der Waals surface area contributed by atoms with Crippen LogP contribution in [0.15, 0.2) is 40.9 Å². The number of benzene rings is 2. The lowest BCUT2D eigenvalue weighted by atomic mass is 9.65. The number of hydrogen-bond donors (Lipinski definition) is 1. The van der Waals surface area contributed by atoms with E-state index in [9.17, 15) is 13.6 Å². The van der Waals surface area contributed by atoms with E-state index in [2.05, 4.69) is 21.2 Å². The van der Waals surface area contributed by atoms with Crippen molar-refractivity contribution in [1.29, 1.82) is 0 Å². The molecule has 0 unspecified atom stereocenters. The molecule has 0 amide bonds. The molecule has 0 saturated heterocycles. The van der Waals surface area contributed by atoms with Gasteiger partial charge in [-0.25, -0.2) is 13.6 Å². The molecule has 3 nitrogen and oxygen atoms in total. The number of methoxy groups -OCH3 is 1. The summed E-state index contributed by atoms with van der Waals surface area (Å²) in [4.78, 5) is 12.8. The number of fused-ring (bicyclic) bond motifs is 2. The highest BCUT2D eigenvalue weighted by molar-refractivity contribution is 9.11. The minimum absolute atomic E-state index is 0.351. The molecule has 152 valence electrons. The smallest absolute Gasteiger partial charge is 0.331 e. The average molecular weight is 483 g/mol. The number of allylic oxidation sites excluding steroid dienone is 1. The molecule has 0 bridgehead atoms. The Bertz CT molecular complexity index is 1020. The molecule has 4 rings (SSSR count). The summed E-state index contributed by atoms with van der Waals surface area (Å²) in [5.74, 6) is -2.07. The van der Waals surface area contributed by atoms with Gasteiger partial charge in [0.05, 0.1) is 7.11 Å². The van der Waals surface area contributed by atoms with E-state index < -0.39 is 22.6 Å². The molecule has 2 aliphatic rings. The summed E-state index contributed by atoms with van der Waals surface area (Å²) in [6.45, 7) is 0. The second-order valence-corrected chi connectivity index (χ2v) is 8.93.